The van der Waals surface area contributed by atoms with Crippen LogP contribution in [0.1, 0.15) is 39.0 Å². The Morgan fingerprint density at radius 1 is 1.06 bits per heavy atom. The second kappa shape index (κ2) is 6.72. The van der Waals surface area contributed by atoms with E-state index in [1.165, 1.54) is 64.8 Å². The first-order chi connectivity index (χ1) is 8.29. The minimum Gasteiger partial charge on any atom is -0.312 e. The maximum Gasteiger partial charge on any atom is 0.0218 e. The average molecular weight is 239 g/mol. The Labute approximate surface area is 107 Å². The van der Waals surface area contributed by atoms with Gasteiger partial charge in [0, 0.05) is 18.6 Å². The topological polar surface area (TPSA) is 18.5 Å². The van der Waals surface area contributed by atoms with E-state index in [4.69, 9.17) is 0 Å². The van der Waals surface area contributed by atoms with Gasteiger partial charge in [-0.1, -0.05) is 6.92 Å². The van der Waals surface area contributed by atoms with E-state index in [0.717, 1.165) is 12.1 Å². The smallest absolute Gasteiger partial charge is 0.0218 e. The highest BCUT2D eigenvalue weighted by atomic mass is 15.2. The summed E-state index contributed by atoms with van der Waals surface area (Å²) in [5.41, 5.74) is 0. The first-order valence-electron chi connectivity index (χ1n) is 7.45. The van der Waals surface area contributed by atoms with E-state index in [1.807, 2.05) is 0 Å². The van der Waals surface area contributed by atoms with Crippen LogP contribution in [0.5, 0.6) is 0 Å². The Morgan fingerprint density at radius 3 is 2.59 bits per heavy atom. The van der Waals surface area contributed by atoms with Gasteiger partial charge in [0.1, 0.15) is 0 Å². The summed E-state index contributed by atoms with van der Waals surface area (Å²) in [5, 5.41) is 3.81. The second-order valence-corrected chi connectivity index (χ2v) is 5.75. The SMILES string of the molecule is CCN1CCCC(NCC2CCCN2C)CC1. The zero-order valence-corrected chi connectivity index (χ0v) is 11.6. The van der Waals surface area contributed by atoms with Gasteiger partial charge in [0.15, 0.2) is 0 Å². The van der Waals surface area contributed by atoms with Crippen molar-refractivity contribution in [1.82, 2.24) is 15.1 Å². The molecule has 2 rings (SSSR count). The van der Waals surface area contributed by atoms with E-state index in [0.29, 0.717) is 0 Å². The molecule has 2 aliphatic rings. The van der Waals surface area contributed by atoms with Crippen LogP contribution < -0.4 is 5.32 Å². The largest absolute Gasteiger partial charge is 0.312 e. The number of likely N-dealkylation sites (N-methyl/N-ethyl adjacent to an activating group) is 1. The summed E-state index contributed by atoms with van der Waals surface area (Å²) in [5.74, 6) is 0. The molecule has 3 heteroatoms. The summed E-state index contributed by atoms with van der Waals surface area (Å²) in [6.07, 6.45) is 6.84. The molecule has 3 nitrogen and oxygen atoms in total. The van der Waals surface area contributed by atoms with Gasteiger partial charge in [-0.15, -0.1) is 0 Å². The molecule has 100 valence electrons. The fourth-order valence-corrected chi connectivity index (χ4v) is 3.22. The molecule has 2 fully saturated rings. The molecule has 1 N–H and O–H groups in total. The highest BCUT2D eigenvalue weighted by molar-refractivity contribution is 4.81. The van der Waals surface area contributed by atoms with Crippen LogP contribution in [0.3, 0.4) is 0 Å². The van der Waals surface area contributed by atoms with Crippen LogP contribution >= 0.6 is 0 Å². The summed E-state index contributed by atoms with van der Waals surface area (Å²) < 4.78 is 0. The maximum absolute atomic E-state index is 3.81. The van der Waals surface area contributed by atoms with Gasteiger partial charge in [0.2, 0.25) is 0 Å². The Kier molecular flexibility index (Phi) is 5.26. The maximum atomic E-state index is 3.81. The lowest BCUT2D eigenvalue weighted by atomic mass is 10.1. The zero-order chi connectivity index (χ0) is 12.1. The Bertz CT molecular complexity index is 220. The fraction of sp³-hybridized carbons (Fsp3) is 1.00. The molecule has 2 aliphatic heterocycles. The molecular weight excluding hydrogens is 210 g/mol. The molecule has 0 amide bonds. The molecule has 2 heterocycles. The van der Waals surface area contributed by atoms with Gasteiger partial charge in [-0.3, -0.25) is 0 Å². The van der Waals surface area contributed by atoms with Gasteiger partial charge in [0.25, 0.3) is 0 Å². The molecule has 0 bridgehead atoms. The van der Waals surface area contributed by atoms with Crippen molar-refractivity contribution in [3.63, 3.8) is 0 Å². The van der Waals surface area contributed by atoms with Gasteiger partial charge in [0.05, 0.1) is 0 Å². The molecule has 0 radical (unpaired) electrons. The van der Waals surface area contributed by atoms with Crippen molar-refractivity contribution in [3.05, 3.63) is 0 Å². The number of hydrogen-bond donors (Lipinski definition) is 1. The summed E-state index contributed by atoms with van der Waals surface area (Å²) in [4.78, 5) is 5.10. The predicted octanol–water partition coefficient (Wildman–Crippen LogP) is 1.54. The quantitative estimate of drug-likeness (QED) is 0.803. The van der Waals surface area contributed by atoms with Crippen LogP contribution in [0.4, 0.5) is 0 Å². The lowest BCUT2D eigenvalue weighted by Crippen LogP contribution is -2.40. The molecule has 17 heavy (non-hydrogen) atoms. The molecule has 0 aromatic carbocycles. The minimum atomic E-state index is 0.764. The van der Waals surface area contributed by atoms with Crippen molar-refractivity contribution in [2.24, 2.45) is 0 Å². The molecule has 2 saturated heterocycles. The minimum absolute atomic E-state index is 0.764. The van der Waals surface area contributed by atoms with E-state index in [-0.39, 0.29) is 0 Å². The first kappa shape index (κ1) is 13.3. The van der Waals surface area contributed by atoms with E-state index >= 15 is 0 Å². The van der Waals surface area contributed by atoms with E-state index in [9.17, 15) is 0 Å². The Morgan fingerprint density at radius 2 is 1.88 bits per heavy atom. The zero-order valence-electron chi connectivity index (χ0n) is 11.6. The van der Waals surface area contributed by atoms with E-state index in [1.54, 1.807) is 0 Å². The van der Waals surface area contributed by atoms with Crippen LogP contribution in [0.25, 0.3) is 0 Å². The summed E-state index contributed by atoms with van der Waals surface area (Å²) >= 11 is 0. The fourth-order valence-electron chi connectivity index (χ4n) is 3.22. The number of nitrogens with zero attached hydrogens (tertiary/aromatic N) is 2. The second-order valence-electron chi connectivity index (χ2n) is 5.75. The van der Waals surface area contributed by atoms with Gasteiger partial charge in [-0.2, -0.15) is 0 Å². The van der Waals surface area contributed by atoms with Crippen molar-refractivity contribution < 1.29 is 0 Å². The standard InChI is InChI=1S/C14H29N3/c1-3-17-10-4-6-13(8-11-17)15-12-14-7-5-9-16(14)2/h13-15H,3-12H2,1-2H3. The third kappa shape index (κ3) is 3.94. The monoisotopic (exact) mass is 239 g/mol. The van der Waals surface area contributed by atoms with Crippen LogP contribution in [0.15, 0.2) is 0 Å². The van der Waals surface area contributed by atoms with E-state index in [2.05, 4.69) is 29.1 Å². The van der Waals surface area contributed by atoms with Gasteiger partial charge in [-0.25, -0.2) is 0 Å². The lowest BCUT2D eigenvalue weighted by molar-refractivity contribution is 0.279. The molecule has 0 aromatic heterocycles. The van der Waals surface area contributed by atoms with Crippen LogP contribution in [0.2, 0.25) is 0 Å². The van der Waals surface area contributed by atoms with E-state index < -0.39 is 0 Å². The first-order valence-corrected chi connectivity index (χ1v) is 7.45. The number of hydrogen-bond acceptors (Lipinski definition) is 3. The Balaban J connectivity index is 1.68. The third-order valence-electron chi connectivity index (χ3n) is 4.58. The van der Waals surface area contributed by atoms with Crippen molar-refractivity contribution >= 4 is 0 Å². The van der Waals surface area contributed by atoms with Crippen LogP contribution in [-0.2, 0) is 0 Å². The predicted molar refractivity (Wildman–Crippen MR) is 73.4 cm³/mol. The molecule has 2 unspecified atom stereocenters. The molecule has 0 aliphatic carbocycles. The summed E-state index contributed by atoms with van der Waals surface area (Å²) in [6.45, 7) is 8.58. The molecule has 0 spiro atoms. The van der Waals surface area contributed by atoms with Crippen molar-refractivity contribution in [2.45, 2.75) is 51.1 Å². The lowest BCUT2D eigenvalue weighted by Gasteiger charge is -2.24. The molecular formula is C14H29N3. The molecule has 0 saturated carbocycles. The van der Waals surface area contributed by atoms with Crippen molar-refractivity contribution in [1.29, 1.82) is 0 Å². The average Bonchev–Trinajstić information content (AvgIpc) is 2.63. The van der Waals surface area contributed by atoms with Gasteiger partial charge < -0.3 is 15.1 Å². The summed E-state index contributed by atoms with van der Waals surface area (Å²) in [6, 6.07) is 1.56. The van der Waals surface area contributed by atoms with Crippen LogP contribution in [-0.4, -0.2) is 61.7 Å². The summed E-state index contributed by atoms with van der Waals surface area (Å²) in [7, 11) is 2.27. The third-order valence-corrected chi connectivity index (χ3v) is 4.58. The van der Waals surface area contributed by atoms with Crippen molar-refractivity contribution in [3.8, 4) is 0 Å². The highest BCUT2D eigenvalue weighted by Gasteiger charge is 2.22. The van der Waals surface area contributed by atoms with Gasteiger partial charge >= 0.3 is 0 Å². The Hall–Kier alpha value is -0.120. The molecule has 0 aromatic rings. The van der Waals surface area contributed by atoms with Gasteiger partial charge in [-0.05, 0) is 65.3 Å². The number of rotatable bonds is 4. The number of likely N-dealkylation sites (tertiary alicyclic amines) is 2. The number of nitrogens with one attached hydrogen (secondary N) is 1. The highest BCUT2D eigenvalue weighted by Crippen LogP contribution is 2.15. The molecule has 2 atom stereocenters. The van der Waals surface area contributed by atoms with Crippen molar-refractivity contribution in [2.75, 3.05) is 39.8 Å². The normalized spacial score (nSPS) is 32.8. The van der Waals surface area contributed by atoms with Crippen LogP contribution in [0, 0.1) is 0 Å².